The SMILES string of the molecule is CC(O)C(CO)OC(CO)OCCN. The summed E-state index contributed by atoms with van der Waals surface area (Å²) in [7, 11) is 0. The lowest BCUT2D eigenvalue weighted by atomic mass is 10.2. The second-order valence-electron chi connectivity index (χ2n) is 2.87. The summed E-state index contributed by atoms with van der Waals surface area (Å²) in [5, 5.41) is 26.8. The molecule has 0 aromatic rings. The first-order valence-electron chi connectivity index (χ1n) is 4.52. The Labute approximate surface area is 83.2 Å². The first kappa shape index (κ1) is 13.8. The number of ether oxygens (including phenoxy) is 2. The molecule has 0 aliphatic rings. The van der Waals surface area contributed by atoms with Gasteiger partial charge in [-0.2, -0.15) is 0 Å². The van der Waals surface area contributed by atoms with E-state index in [1.807, 2.05) is 0 Å². The Morgan fingerprint density at radius 2 is 1.93 bits per heavy atom. The van der Waals surface area contributed by atoms with E-state index in [2.05, 4.69) is 0 Å². The summed E-state index contributed by atoms with van der Waals surface area (Å²) in [6.07, 6.45) is -2.44. The highest BCUT2D eigenvalue weighted by Gasteiger charge is 2.19. The standard InChI is InChI=1S/C8H19NO5/c1-6(12)7(4-10)14-8(5-11)13-3-2-9/h6-8,10-12H,2-5,9H2,1H3. The van der Waals surface area contributed by atoms with Gasteiger partial charge in [0.05, 0.1) is 25.9 Å². The summed E-state index contributed by atoms with van der Waals surface area (Å²) in [6, 6.07) is 0. The molecule has 14 heavy (non-hydrogen) atoms. The smallest absolute Gasteiger partial charge is 0.181 e. The molecule has 3 atom stereocenters. The van der Waals surface area contributed by atoms with Crippen LogP contribution in [0.15, 0.2) is 0 Å². The second-order valence-corrected chi connectivity index (χ2v) is 2.87. The van der Waals surface area contributed by atoms with Gasteiger partial charge in [0, 0.05) is 6.54 Å². The predicted molar refractivity (Wildman–Crippen MR) is 49.5 cm³/mol. The minimum atomic E-state index is -0.856. The van der Waals surface area contributed by atoms with Gasteiger partial charge in [-0.15, -0.1) is 0 Å². The van der Waals surface area contributed by atoms with Crippen LogP contribution in [0.5, 0.6) is 0 Å². The van der Waals surface area contributed by atoms with Gasteiger partial charge < -0.3 is 30.5 Å². The highest BCUT2D eigenvalue weighted by Crippen LogP contribution is 2.04. The van der Waals surface area contributed by atoms with Crippen molar-refractivity contribution in [1.29, 1.82) is 0 Å². The Balaban J connectivity index is 3.87. The van der Waals surface area contributed by atoms with Gasteiger partial charge >= 0.3 is 0 Å². The molecule has 0 heterocycles. The van der Waals surface area contributed by atoms with Crippen LogP contribution in [0.25, 0.3) is 0 Å². The van der Waals surface area contributed by atoms with Crippen LogP contribution < -0.4 is 5.73 Å². The second kappa shape index (κ2) is 8.10. The predicted octanol–water partition coefficient (Wildman–Crippen LogP) is -1.96. The number of rotatable bonds is 8. The molecule has 0 aromatic carbocycles. The van der Waals surface area contributed by atoms with Crippen LogP contribution in [0.1, 0.15) is 6.92 Å². The van der Waals surface area contributed by atoms with Crippen LogP contribution in [0.2, 0.25) is 0 Å². The van der Waals surface area contributed by atoms with E-state index in [-0.39, 0.29) is 19.8 Å². The summed E-state index contributed by atoms with van der Waals surface area (Å²) in [4.78, 5) is 0. The molecular weight excluding hydrogens is 190 g/mol. The highest BCUT2D eigenvalue weighted by atomic mass is 16.7. The average molecular weight is 209 g/mol. The molecule has 0 aromatic heterocycles. The highest BCUT2D eigenvalue weighted by molar-refractivity contribution is 4.63. The van der Waals surface area contributed by atoms with Crippen LogP contribution in [-0.4, -0.2) is 60.2 Å². The lowest BCUT2D eigenvalue weighted by Crippen LogP contribution is -2.37. The monoisotopic (exact) mass is 209 g/mol. The Hall–Kier alpha value is -0.240. The Kier molecular flexibility index (Phi) is 7.96. The van der Waals surface area contributed by atoms with Crippen LogP contribution in [0.4, 0.5) is 0 Å². The van der Waals surface area contributed by atoms with Crippen LogP contribution in [0, 0.1) is 0 Å². The van der Waals surface area contributed by atoms with Gasteiger partial charge in [0.15, 0.2) is 6.29 Å². The lowest BCUT2D eigenvalue weighted by molar-refractivity contribution is -0.210. The van der Waals surface area contributed by atoms with Crippen LogP contribution in [0.3, 0.4) is 0 Å². The maximum atomic E-state index is 9.14. The molecule has 0 aliphatic heterocycles. The molecule has 0 fully saturated rings. The molecule has 6 heteroatoms. The zero-order valence-electron chi connectivity index (χ0n) is 8.30. The zero-order valence-corrected chi connectivity index (χ0v) is 8.30. The topological polar surface area (TPSA) is 105 Å². The van der Waals surface area contributed by atoms with Crippen molar-refractivity contribution in [2.24, 2.45) is 5.73 Å². The fourth-order valence-electron chi connectivity index (χ4n) is 0.839. The molecule has 0 bridgehead atoms. The van der Waals surface area contributed by atoms with E-state index in [1.54, 1.807) is 0 Å². The molecule has 0 radical (unpaired) electrons. The van der Waals surface area contributed by atoms with Crippen molar-refractivity contribution in [2.75, 3.05) is 26.4 Å². The van der Waals surface area contributed by atoms with Gasteiger partial charge in [0.2, 0.25) is 0 Å². The quantitative estimate of drug-likeness (QED) is 0.346. The van der Waals surface area contributed by atoms with Crippen molar-refractivity contribution in [3.63, 3.8) is 0 Å². The van der Waals surface area contributed by atoms with Gasteiger partial charge in [0.1, 0.15) is 6.10 Å². The third kappa shape index (κ3) is 5.48. The molecule has 0 amide bonds. The molecule has 5 N–H and O–H groups in total. The van der Waals surface area contributed by atoms with Crippen LogP contribution in [-0.2, 0) is 9.47 Å². The summed E-state index contributed by atoms with van der Waals surface area (Å²) < 4.78 is 10.1. The molecule has 0 aliphatic carbocycles. The van der Waals surface area contributed by atoms with Gasteiger partial charge in [-0.1, -0.05) is 0 Å². The Morgan fingerprint density at radius 1 is 1.29 bits per heavy atom. The third-order valence-corrected chi connectivity index (χ3v) is 1.62. The average Bonchev–Trinajstić information content (AvgIpc) is 2.18. The molecule has 3 unspecified atom stereocenters. The molecule has 0 spiro atoms. The number of hydrogen-bond donors (Lipinski definition) is 4. The number of aliphatic hydroxyl groups excluding tert-OH is 3. The molecule has 0 saturated carbocycles. The number of aliphatic hydroxyl groups is 3. The number of nitrogens with two attached hydrogens (primary N) is 1. The molecule has 0 rings (SSSR count). The Bertz CT molecular complexity index is 133. The van der Waals surface area contributed by atoms with E-state index in [1.165, 1.54) is 6.92 Å². The van der Waals surface area contributed by atoms with Gasteiger partial charge in [-0.3, -0.25) is 0 Å². The Morgan fingerprint density at radius 3 is 2.29 bits per heavy atom. The summed E-state index contributed by atoms with van der Waals surface area (Å²) in [5.74, 6) is 0. The van der Waals surface area contributed by atoms with Crippen molar-refractivity contribution < 1.29 is 24.8 Å². The maximum Gasteiger partial charge on any atom is 0.181 e. The normalized spacial score (nSPS) is 17.8. The largest absolute Gasteiger partial charge is 0.394 e. The molecular formula is C8H19NO5. The summed E-state index contributed by atoms with van der Waals surface area (Å²) in [6.45, 7) is 1.38. The van der Waals surface area contributed by atoms with E-state index >= 15 is 0 Å². The van der Waals surface area contributed by atoms with E-state index in [9.17, 15) is 0 Å². The minimum Gasteiger partial charge on any atom is -0.394 e. The summed E-state index contributed by atoms with van der Waals surface area (Å²) >= 11 is 0. The van der Waals surface area contributed by atoms with Crippen molar-refractivity contribution in [3.05, 3.63) is 0 Å². The lowest BCUT2D eigenvalue weighted by Gasteiger charge is -2.24. The van der Waals surface area contributed by atoms with Crippen molar-refractivity contribution in [3.8, 4) is 0 Å². The van der Waals surface area contributed by atoms with E-state index < -0.39 is 18.5 Å². The third-order valence-electron chi connectivity index (χ3n) is 1.62. The number of hydrogen-bond acceptors (Lipinski definition) is 6. The zero-order chi connectivity index (χ0) is 11.0. The van der Waals surface area contributed by atoms with Gasteiger partial charge in [0.25, 0.3) is 0 Å². The first-order chi connectivity index (χ1) is 6.65. The minimum absolute atomic E-state index is 0.253. The van der Waals surface area contributed by atoms with Crippen LogP contribution >= 0.6 is 0 Å². The van der Waals surface area contributed by atoms with Crippen molar-refractivity contribution in [2.45, 2.75) is 25.4 Å². The van der Waals surface area contributed by atoms with Crippen molar-refractivity contribution in [1.82, 2.24) is 0 Å². The van der Waals surface area contributed by atoms with Crippen molar-refractivity contribution >= 4 is 0 Å². The fraction of sp³-hybridized carbons (Fsp3) is 1.00. The van der Waals surface area contributed by atoms with E-state index in [4.69, 9.17) is 30.5 Å². The molecule has 6 nitrogen and oxygen atoms in total. The molecule has 0 saturated heterocycles. The van der Waals surface area contributed by atoms with E-state index in [0.29, 0.717) is 6.54 Å². The first-order valence-corrected chi connectivity index (χ1v) is 4.52. The molecule has 86 valence electrons. The van der Waals surface area contributed by atoms with Gasteiger partial charge in [-0.25, -0.2) is 0 Å². The van der Waals surface area contributed by atoms with E-state index in [0.717, 1.165) is 0 Å². The maximum absolute atomic E-state index is 9.14. The van der Waals surface area contributed by atoms with Gasteiger partial charge in [-0.05, 0) is 6.92 Å². The summed E-state index contributed by atoms with van der Waals surface area (Å²) in [5.41, 5.74) is 5.19. The fourth-order valence-corrected chi connectivity index (χ4v) is 0.839.